The number of nitrogens with one attached hydrogen (secondary N) is 2. The molecule has 3 aromatic rings. The average molecular weight is 397 g/mol. The minimum atomic E-state index is -0.391. The van der Waals surface area contributed by atoms with Gasteiger partial charge in [0, 0.05) is 11.4 Å². The maximum Gasteiger partial charge on any atom is 0.340 e. The lowest BCUT2D eigenvalue weighted by atomic mass is 10.1. The first-order valence-electron chi connectivity index (χ1n) is 8.45. The number of rotatable bonds is 5. The van der Waals surface area contributed by atoms with Crippen LogP contribution in [0.5, 0.6) is 0 Å². The number of methoxy groups -OCH3 is 1. The normalized spacial score (nSPS) is 10.3. The highest BCUT2D eigenvalue weighted by Gasteiger charge is 2.18. The maximum atomic E-state index is 12.2. The zero-order chi connectivity index (χ0) is 19.2. The quantitative estimate of drug-likeness (QED) is 0.470. The van der Waals surface area contributed by atoms with Gasteiger partial charge in [-0.1, -0.05) is 60.2 Å². The number of esters is 1. The van der Waals surface area contributed by atoms with E-state index in [0.717, 1.165) is 16.0 Å². The van der Waals surface area contributed by atoms with Crippen molar-refractivity contribution >= 4 is 39.6 Å². The van der Waals surface area contributed by atoms with Gasteiger partial charge in [0.15, 0.2) is 5.11 Å². The van der Waals surface area contributed by atoms with Gasteiger partial charge in [0.1, 0.15) is 5.00 Å². The van der Waals surface area contributed by atoms with Gasteiger partial charge in [0.05, 0.1) is 12.7 Å². The van der Waals surface area contributed by atoms with Gasteiger partial charge in [-0.3, -0.25) is 0 Å². The van der Waals surface area contributed by atoms with Crippen molar-refractivity contribution in [3.63, 3.8) is 0 Å². The van der Waals surface area contributed by atoms with Gasteiger partial charge in [-0.15, -0.1) is 11.3 Å². The smallest absolute Gasteiger partial charge is 0.340 e. The van der Waals surface area contributed by atoms with E-state index in [1.807, 2.05) is 36.4 Å². The first-order valence-corrected chi connectivity index (χ1v) is 9.67. The number of hydrogen-bond acceptors (Lipinski definition) is 4. The lowest BCUT2D eigenvalue weighted by Crippen LogP contribution is -2.28. The standard InChI is InChI=1S/C21H20N2O2S2/c1-14-8-10-15(11-9-14)13-22-21(26)23-19-17(20(24)25-2)12-18(27-19)16-6-4-3-5-7-16/h3-12H,13H2,1-2H3,(H2,22,23,26). The number of aryl methyl sites for hydroxylation is 1. The third-order valence-corrected chi connectivity index (χ3v) is 5.34. The van der Waals surface area contributed by atoms with Gasteiger partial charge in [-0.05, 0) is 36.3 Å². The van der Waals surface area contributed by atoms with Crippen LogP contribution in [-0.4, -0.2) is 18.2 Å². The van der Waals surface area contributed by atoms with Crippen molar-refractivity contribution < 1.29 is 9.53 Å². The third kappa shape index (κ3) is 4.93. The summed E-state index contributed by atoms with van der Waals surface area (Å²) in [5.41, 5.74) is 3.86. The largest absolute Gasteiger partial charge is 0.465 e. The second kappa shape index (κ2) is 8.79. The van der Waals surface area contributed by atoms with Crippen LogP contribution in [0.3, 0.4) is 0 Å². The maximum absolute atomic E-state index is 12.2. The summed E-state index contributed by atoms with van der Waals surface area (Å²) >= 11 is 6.87. The summed E-state index contributed by atoms with van der Waals surface area (Å²) in [5.74, 6) is -0.391. The van der Waals surface area contributed by atoms with Crippen LogP contribution in [0.2, 0.25) is 0 Å². The monoisotopic (exact) mass is 396 g/mol. The first kappa shape index (κ1) is 19.1. The molecule has 138 valence electrons. The van der Waals surface area contributed by atoms with Gasteiger partial charge in [0.2, 0.25) is 0 Å². The van der Waals surface area contributed by atoms with Crippen LogP contribution in [0, 0.1) is 6.92 Å². The summed E-state index contributed by atoms with van der Waals surface area (Å²) in [6.45, 7) is 2.66. The first-order chi connectivity index (χ1) is 13.1. The summed E-state index contributed by atoms with van der Waals surface area (Å²) in [5, 5.41) is 7.44. The molecule has 0 fully saturated rings. The predicted octanol–water partition coefficient (Wildman–Crippen LogP) is 5.00. The van der Waals surface area contributed by atoms with Crippen molar-refractivity contribution in [2.45, 2.75) is 13.5 Å². The van der Waals surface area contributed by atoms with E-state index in [0.29, 0.717) is 22.2 Å². The number of thiophene rings is 1. The lowest BCUT2D eigenvalue weighted by molar-refractivity contribution is 0.0602. The number of thiocarbonyl (C=S) groups is 1. The van der Waals surface area contributed by atoms with Crippen LogP contribution in [0.4, 0.5) is 5.00 Å². The van der Waals surface area contributed by atoms with Crippen LogP contribution in [-0.2, 0) is 11.3 Å². The number of hydrogen-bond donors (Lipinski definition) is 2. The van der Waals surface area contributed by atoms with E-state index in [1.54, 1.807) is 0 Å². The number of carbonyl (C=O) groups is 1. The Bertz CT molecular complexity index is 935. The van der Waals surface area contributed by atoms with Crippen LogP contribution in [0.1, 0.15) is 21.5 Å². The number of anilines is 1. The fraction of sp³-hybridized carbons (Fsp3) is 0.143. The highest BCUT2D eigenvalue weighted by molar-refractivity contribution is 7.80. The molecule has 6 heteroatoms. The number of benzene rings is 2. The molecule has 0 aliphatic rings. The summed E-state index contributed by atoms with van der Waals surface area (Å²) in [4.78, 5) is 13.1. The Balaban J connectivity index is 1.74. The van der Waals surface area contributed by atoms with Crippen molar-refractivity contribution in [3.05, 3.63) is 77.4 Å². The number of ether oxygens (including phenoxy) is 1. The zero-order valence-corrected chi connectivity index (χ0v) is 16.7. The molecule has 0 aliphatic carbocycles. The van der Waals surface area contributed by atoms with Crippen LogP contribution >= 0.6 is 23.6 Å². The van der Waals surface area contributed by atoms with E-state index in [9.17, 15) is 4.79 Å². The average Bonchev–Trinajstić information content (AvgIpc) is 3.11. The summed E-state index contributed by atoms with van der Waals surface area (Å²) in [6.07, 6.45) is 0. The molecule has 0 unspecified atom stereocenters. The molecule has 0 amide bonds. The highest BCUT2D eigenvalue weighted by Crippen LogP contribution is 2.35. The van der Waals surface area contributed by atoms with Gasteiger partial charge in [-0.2, -0.15) is 0 Å². The second-order valence-electron chi connectivity index (χ2n) is 6.00. The summed E-state index contributed by atoms with van der Waals surface area (Å²) in [7, 11) is 1.37. The molecule has 0 spiro atoms. The molecule has 0 aliphatic heterocycles. The van der Waals surface area contributed by atoms with Crippen molar-refractivity contribution in [2.24, 2.45) is 0 Å². The third-order valence-electron chi connectivity index (χ3n) is 4.00. The molecular weight excluding hydrogens is 376 g/mol. The lowest BCUT2D eigenvalue weighted by Gasteiger charge is -2.10. The Hall–Kier alpha value is -2.70. The van der Waals surface area contributed by atoms with E-state index >= 15 is 0 Å². The summed E-state index contributed by atoms with van der Waals surface area (Å²) < 4.78 is 4.91. The van der Waals surface area contributed by atoms with Crippen molar-refractivity contribution in [1.29, 1.82) is 0 Å². The Morgan fingerprint density at radius 2 is 1.81 bits per heavy atom. The Morgan fingerprint density at radius 3 is 2.48 bits per heavy atom. The minimum absolute atomic E-state index is 0.391. The van der Waals surface area contributed by atoms with Gasteiger partial charge < -0.3 is 15.4 Å². The van der Waals surface area contributed by atoms with E-state index in [4.69, 9.17) is 17.0 Å². The highest BCUT2D eigenvalue weighted by atomic mass is 32.1. The summed E-state index contributed by atoms with van der Waals surface area (Å²) in [6, 6.07) is 20.0. The van der Waals surface area contributed by atoms with E-state index in [2.05, 4.69) is 41.8 Å². The second-order valence-corrected chi connectivity index (χ2v) is 7.46. The van der Waals surface area contributed by atoms with Gasteiger partial charge in [-0.25, -0.2) is 4.79 Å². The van der Waals surface area contributed by atoms with Gasteiger partial charge in [0.25, 0.3) is 0 Å². The molecule has 0 saturated heterocycles. The van der Waals surface area contributed by atoms with Crippen LogP contribution in [0.15, 0.2) is 60.7 Å². The van der Waals surface area contributed by atoms with E-state index in [1.165, 1.54) is 24.0 Å². The molecule has 0 bridgehead atoms. The number of carbonyl (C=O) groups excluding carboxylic acids is 1. The molecule has 0 atom stereocenters. The fourth-order valence-corrected chi connectivity index (χ4v) is 3.82. The van der Waals surface area contributed by atoms with Gasteiger partial charge >= 0.3 is 5.97 Å². The van der Waals surface area contributed by atoms with E-state index in [-0.39, 0.29) is 0 Å². The molecule has 2 N–H and O–H groups in total. The molecule has 0 radical (unpaired) electrons. The van der Waals surface area contributed by atoms with E-state index < -0.39 is 5.97 Å². The fourth-order valence-electron chi connectivity index (χ4n) is 2.53. The van der Waals surface area contributed by atoms with Crippen molar-refractivity contribution in [2.75, 3.05) is 12.4 Å². The molecule has 3 rings (SSSR count). The minimum Gasteiger partial charge on any atom is -0.465 e. The topological polar surface area (TPSA) is 50.4 Å². The Kier molecular flexibility index (Phi) is 6.21. The molecule has 0 saturated carbocycles. The molecule has 27 heavy (non-hydrogen) atoms. The molecule has 1 heterocycles. The predicted molar refractivity (Wildman–Crippen MR) is 115 cm³/mol. The molecule has 2 aromatic carbocycles. The Morgan fingerprint density at radius 1 is 1.11 bits per heavy atom. The van der Waals surface area contributed by atoms with Crippen LogP contribution in [0.25, 0.3) is 10.4 Å². The molecular formula is C21H20N2O2S2. The molecule has 4 nitrogen and oxygen atoms in total. The van der Waals surface area contributed by atoms with Crippen molar-refractivity contribution in [1.82, 2.24) is 5.32 Å². The Labute approximate surface area is 168 Å². The molecule has 1 aromatic heterocycles. The zero-order valence-electron chi connectivity index (χ0n) is 15.1. The van der Waals surface area contributed by atoms with Crippen LogP contribution < -0.4 is 10.6 Å². The SMILES string of the molecule is COC(=O)c1cc(-c2ccccc2)sc1NC(=S)NCc1ccc(C)cc1. The van der Waals surface area contributed by atoms with Crippen molar-refractivity contribution in [3.8, 4) is 10.4 Å².